The van der Waals surface area contributed by atoms with Crippen molar-refractivity contribution in [2.75, 3.05) is 32.7 Å². The number of carbonyl (C=O) groups is 1. The molecular weight excluding hydrogens is 310 g/mol. The van der Waals surface area contributed by atoms with Crippen molar-refractivity contribution >= 4 is 17.5 Å². The zero-order valence-electron chi connectivity index (χ0n) is 13.7. The number of hydrogen-bond donors (Lipinski definition) is 2. The third-order valence-corrected chi connectivity index (χ3v) is 5.45. The van der Waals surface area contributed by atoms with Crippen molar-refractivity contribution in [3.05, 3.63) is 34.9 Å². The maximum atomic E-state index is 12.4. The van der Waals surface area contributed by atoms with Crippen molar-refractivity contribution in [2.24, 2.45) is 11.8 Å². The highest BCUT2D eigenvalue weighted by Gasteiger charge is 2.30. The molecule has 0 aromatic heterocycles. The fourth-order valence-electron chi connectivity index (χ4n) is 3.46. The average Bonchev–Trinajstić information content (AvgIpc) is 2.99. The van der Waals surface area contributed by atoms with Gasteiger partial charge in [-0.25, -0.2) is 0 Å². The van der Waals surface area contributed by atoms with Crippen molar-refractivity contribution in [3.63, 3.8) is 0 Å². The Kier molecular flexibility index (Phi) is 5.57. The minimum absolute atomic E-state index is 0.0786. The van der Waals surface area contributed by atoms with Crippen LogP contribution in [0.4, 0.5) is 0 Å². The van der Waals surface area contributed by atoms with E-state index in [9.17, 15) is 4.79 Å². The Bertz CT molecular complexity index is 541. The SMILES string of the molecule is CC(C(=O)NCC(c1cccc(Cl)c1)N1CCCC1)C1CNC1. The van der Waals surface area contributed by atoms with Gasteiger partial charge in [0.05, 0.1) is 6.04 Å². The molecule has 0 radical (unpaired) electrons. The maximum absolute atomic E-state index is 12.4. The molecule has 1 aromatic carbocycles. The van der Waals surface area contributed by atoms with E-state index >= 15 is 0 Å². The van der Waals surface area contributed by atoms with Crippen LogP contribution in [0.15, 0.2) is 24.3 Å². The second kappa shape index (κ2) is 7.65. The van der Waals surface area contributed by atoms with E-state index in [1.54, 1.807) is 0 Å². The Labute approximate surface area is 143 Å². The van der Waals surface area contributed by atoms with Gasteiger partial charge in [0.1, 0.15) is 0 Å². The second-order valence-electron chi connectivity index (χ2n) is 6.77. The number of halogens is 1. The molecule has 5 heteroatoms. The van der Waals surface area contributed by atoms with Crippen molar-refractivity contribution in [1.82, 2.24) is 15.5 Å². The molecule has 0 bridgehead atoms. The van der Waals surface area contributed by atoms with E-state index in [4.69, 9.17) is 11.6 Å². The molecule has 0 aliphatic carbocycles. The van der Waals surface area contributed by atoms with Crippen LogP contribution >= 0.6 is 11.6 Å². The number of benzene rings is 1. The molecule has 1 aromatic rings. The lowest BCUT2D eigenvalue weighted by Gasteiger charge is -2.33. The van der Waals surface area contributed by atoms with Crippen molar-refractivity contribution in [3.8, 4) is 0 Å². The van der Waals surface area contributed by atoms with Crippen LogP contribution < -0.4 is 10.6 Å². The lowest BCUT2D eigenvalue weighted by molar-refractivity contribution is -0.126. The number of hydrogen-bond acceptors (Lipinski definition) is 3. The minimum atomic E-state index is 0.0786. The van der Waals surface area contributed by atoms with Gasteiger partial charge in [0.25, 0.3) is 0 Å². The van der Waals surface area contributed by atoms with Gasteiger partial charge in [0.15, 0.2) is 0 Å². The van der Waals surface area contributed by atoms with E-state index in [-0.39, 0.29) is 17.9 Å². The third-order valence-electron chi connectivity index (χ3n) is 5.22. The Morgan fingerprint density at radius 2 is 2.13 bits per heavy atom. The summed E-state index contributed by atoms with van der Waals surface area (Å²) in [5.41, 5.74) is 1.19. The molecule has 2 atom stereocenters. The van der Waals surface area contributed by atoms with Gasteiger partial charge in [-0.2, -0.15) is 0 Å². The van der Waals surface area contributed by atoms with E-state index in [0.717, 1.165) is 31.2 Å². The van der Waals surface area contributed by atoms with Crippen LogP contribution in [0.5, 0.6) is 0 Å². The molecule has 2 aliphatic rings. The van der Waals surface area contributed by atoms with Crippen LogP contribution in [-0.2, 0) is 4.79 Å². The summed E-state index contributed by atoms with van der Waals surface area (Å²) < 4.78 is 0. The quantitative estimate of drug-likeness (QED) is 0.839. The Morgan fingerprint density at radius 1 is 1.39 bits per heavy atom. The van der Waals surface area contributed by atoms with E-state index in [1.807, 2.05) is 25.1 Å². The predicted molar refractivity (Wildman–Crippen MR) is 93.5 cm³/mol. The van der Waals surface area contributed by atoms with Gasteiger partial charge >= 0.3 is 0 Å². The number of nitrogens with zero attached hydrogens (tertiary/aromatic N) is 1. The summed E-state index contributed by atoms with van der Waals surface area (Å²) in [6, 6.07) is 8.24. The zero-order valence-corrected chi connectivity index (χ0v) is 14.5. The molecule has 2 heterocycles. The summed E-state index contributed by atoms with van der Waals surface area (Å²) in [6.45, 7) is 6.79. The van der Waals surface area contributed by atoms with Crippen LogP contribution in [0.1, 0.15) is 31.4 Å². The topological polar surface area (TPSA) is 44.4 Å². The van der Waals surface area contributed by atoms with E-state index in [1.165, 1.54) is 18.4 Å². The first kappa shape index (κ1) is 16.7. The molecular formula is C18H26ClN3O. The lowest BCUT2D eigenvalue weighted by Crippen LogP contribution is -2.50. The number of amides is 1. The van der Waals surface area contributed by atoms with Crippen LogP contribution in [0, 0.1) is 11.8 Å². The molecule has 0 spiro atoms. The molecule has 2 N–H and O–H groups in total. The van der Waals surface area contributed by atoms with Crippen LogP contribution in [0.3, 0.4) is 0 Å². The molecule has 126 valence electrons. The highest BCUT2D eigenvalue weighted by Crippen LogP contribution is 2.26. The monoisotopic (exact) mass is 335 g/mol. The van der Waals surface area contributed by atoms with Crippen molar-refractivity contribution in [1.29, 1.82) is 0 Å². The molecule has 1 amide bonds. The molecule has 23 heavy (non-hydrogen) atoms. The van der Waals surface area contributed by atoms with E-state index in [2.05, 4.69) is 21.6 Å². The summed E-state index contributed by atoms with van der Waals surface area (Å²) in [7, 11) is 0. The number of rotatable bonds is 6. The molecule has 2 fully saturated rings. The summed E-state index contributed by atoms with van der Waals surface area (Å²) in [6.07, 6.45) is 2.46. The van der Waals surface area contributed by atoms with Crippen LogP contribution in [-0.4, -0.2) is 43.5 Å². The number of likely N-dealkylation sites (tertiary alicyclic amines) is 1. The van der Waals surface area contributed by atoms with Gasteiger partial charge in [-0.15, -0.1) is 0 Å². The summed E-state index contributed by atoms with van der Waals surface area (Å²) >= 11 is 6.16. The van der Waals surface area contributed by atoms with Crippen molar-refractivity contribution < 1.29 is 4.79 Å². The minimum Gasteiger partial charge on any atom is -0.354 e. The molecule has 4 nitrogen and oxygen atoms in total. The first-order chi connectivity index (χ1) is 11.1. The summed E-state index contributed by atoms with van der Waals surface area (Å²) in [4.78, 5) is 14.9. The smallest absolute Gasteiger partial charge is 0.223 e. The molecule has 2 aliphatic heterocycles. The predicted octanol–water partition coefficient (Wildman–Crippen LogP) is 2.45. The fourth-order valence-corrected chi connectivity index (χ4v) is 3.66. The Balaban J connectivity index is 1.65. The lowest BCUT2D eigenvalue weighted by atomic mass is 9.88. The molecule has 0 saturated carbocycles. The van der Waals surface area contributed by atoms with Gasteiger partial charge in [0, 0.05) is 17.5 Å². The molecule has 3 rings (SSSR count). The number of nitrogens with one attached hydrogen (secondary N) is 2. The van der Waals surface area contributed by atoms with E-state index < -0.39 is 0 Å². The summed E-state index contributed by atoms with van der Waals surface area (Å²) in [5.74, 6) is 0.726. The first-order valence-corrected chi connectivity index (χ1v) is 9.01. The Hall–Kier alpha value is -1.10. The average molecular weight is 336 g/mol. The standard InChI is InChI=1S/C18H26ClN3O/c1-13(15-10-20-11-15)18(23)21-12-17(22-7-2-3-8-22)14-5-4-6-16(19)9-14/h4-6,9,13,15,17,20H,2-3,7-8,10-12H2,1H3,(H,21,23). The van der Waals surface area contributed by atoms with Gasteiger partial charge < -0.3 is 10.6 Å². The normalized spacial score (nSPS) is 21.7. The van der Waals surface area contributed by atoms with Gasteiger partial charge in [-0.1, -0.05) is 30.7 Å². The number of carbonyl (C=O) groups excluding carboxylic acids is 1. The molecule has 2 saturated heterocycles. The fraction of sp³-hybridized carbons (Fsp3) is 0.611. The van der Waals surface area contributed by atoms with Gasteiger partial charge in [-0.05, 0) is 62.6 Å². The second-order valence-corrected chi connectivity index (χ2v) is 7.20. The zero-order chi connectivity index (χ0) is 16.2. The molecule has 2 unspecified atom stereocenters. The largest absolute Gasteiger partial charge is 0.354 e. The first-order valence-electron chi connectivity index (χ1n) is 8.63. The van der Waals surface area contributed by atoms with Gasteiger partial charge in [-0.3, -0.25) is 9.69 Å². The maximum Gasteiger partial charge on any atom is 0.223 e. The van der Waals surface area contributed by atoms with E-state index in [0.29, 0.717) is 12.5 Å². The highest BCUT2D eigenvalue weighted by molar-refractivity contribution is 6.30. The Morgan fingerprint density at radius 3 is 2.74 bits per heavy atom. The van der Waals surface area contributed by atoms with Crippen LogP contribution in [0.25, 0.3) is 0 Å². The van der Waals surface area contributed by atoms with Crippen LogP contribution in [0.2, 0.25) is 5.02 Å². The highest BCUT2D eigenvalue weighted by atomic mass is 35.5. The summed E-state index contributed by atoms with van der Waals surface area (Å²) in [5, 5.41) is 7.17. The van der Waals surface area contributed by atoms with Crippen molar-refractivity contribution in [2.45, 2.75) is 25.8 Å². The third kappa shape index (κ3) is 4.06. The van der Waals surface area contributed by atoms with Gasteiger partial charge in [0.2, 0.25) is 5.91 Å².